The third-order valence-corrected chi connectivity index (χ3v) is 7.05. The number of hydrogen-bond donors (Lipinski definition) is 3. The Morgan fingerprint density at radius 2 is 1.20 bits per heavy atom. The zero-order chi connectivity index (χ0) is 24.4. The third-order valence-electron chi connectivity index (χ3n) is 7.05. The molecule has 4 aromatic rings. The van der Waals surface area contributed by atoms with Crippen molar-refractivity contribution in [2.24, 2.45) is 9.98 Å². The van der Waals surface area contributed by atoms with E-state index >= 15 is 0 Å². The van der Waals surface area contributed by atoms with Gasteiger partial charge in [-0.1, -0.05) is 39.8 Å². The molecule has 0 amide bonds. The molecule has 4 heterocycles. The van der Waals surface area contributed by atoms with Gasteiger partial charge in [0.1, 0.15) is 0 Å². The number of nitrogens with one attached hydrogen (secondary N) is 3. The molecule has 180 valence electrons. The van der Waals surface area contributed by atoms with Crippen molar-refractivity contribution in [2.45, 2.75) is 66.2 Å². The normalized spacial score (nSPS) is 13.1. The third kappa shape index (κ3) is 4.41. The Labute approximate surface area is 207 Å². The smallest absolute Gasteiger partial charge is 0.0887 e. The highest BCUT2D eigenvalue weighted by Gasteiger charge is 2.18. The van der Waals surface area contributed by atoms with Gasteiger partial charge in [-0.05, 0) is 66.1 Å². The van der Waals surface area contributed by atoms with Gasteiger partial charge < -0.3 is 9.97 Å². The lowest BCUT2D eigenvalue weighted by molar-refractivity contribution is 0.921. The Bertz CT molecular complexity index is 1290. The van der Waals surface area contributed by atoms with Crippen molar-refractivity contribution in [3.63, 3.8) is 0 Å². The number of nitrogens with zero attached hydrogens (tertiary/aromatic N) is 3. The van der Waals surface area contributed by atoms with Crippen molar-refractivity contribution in [3.05, 3.63) is 86.7 Å². The fraction of sp³-hybridized carbons (Fsp3) is 0.345. The van der Waals surface area contributed by atoms with E-state index in [4.69, 9.17) is 9.98 Å². The first-order valence-electron chi connectivity index (χ1n) is 12.8. The number of rotatable bonds is 4. The molecule has 0 aliphatic carbocycles. The van der Waals surface area contributed by atoms with E-state index < -0.39 is 0 Å². The summed E-state index contributed by atoms with van der Waals surface area (Å²) in [6, 6.07) is 10.3. The van der Waals surface area contributed by atoms with Crippen LogP contribution in [0.15, 0.2) is 40.3 Å². The highest BCUT2D eigenvalue weighted by atomic mass is 15.1. The van der Waals surface area contributed by atoms with Crippen LogP contribution in [0.3, 0.4) is 0 Å². The Morgan fingerprint density at radius 1 is 0.686 bits per heavy atom. The second-order valence-corrected chi connectivity index (χ2v) is 9.11. The summed E-state index contributed by atoms with van der Waals surface area (Å²) >= 11 is 0. The average molecular weight is 467 g/mol. The molecule has 0 atom stereocenters. The van der Waals surface area contributed by atoms with Gasteiger partial charge in [-0.15, -0.1) is 0 Å². The van der Waals surface area contributed by atoms with Crippen LogP contribution in [-0.4, -0.2) is 32.6 Å². The molecule has 1 aromatic carbocycles. The second kappa shape index (κ2) is 9.90. The first kappa shape index (κ1) is 23.1. The van der Waals surface area contributed by atoms with Gasteiger partial charge in [0.25, 0.3) is 0 Å². The highest BCUT2D eigenvalue weighted by molar-refractivity contribution is 5.87. The van der Waals surface area contributed by atoms with Gasteiger partial charge in [-0.2, -0.15) is 5.10 Å². The van der Waals surface area contributed by atoms with E-state index in [1.807, 2.05) is 36.7 Å². The van der Waals surface area contributed by atoms with Crippen LogP contribution < -0.4 is 0 Å². The SMILES string of the molecule is CCc1c2[nH]c(c1CC)Cc1cc([nH]n1)Cc1[nH]c(c(CC)c1CC)C=Nc1ccccc1N=C2. The number of aromatic nitrogens is 4. The Kier molecular flexibility index (Phi) is 6.53. The van der Waals surface area contributed by atoms with E-state index in [1.165, 1.54) is 33.6 Å². The molecule has 0 saturated carbocycles. The quantitative estimate of drug-likeness (QED) is 0.285. The molecule has 0 saturated heterocycles. The van der Waals surface area contributed by atoms with Crippen LogP contribution in [0.4, 0.5) is 11.4 Å². The summed E-state index contributed by atoms with van der Waals surface area (Å²) in [5.41, 5.74) is 14.0. The molecule has 5 rings (SSSR count). The Hall–Kier alpha value is -3.67. The lowest BCUT2D eigenvalue weighted by Crippen LogP contribution is -1.95. The monoisotopic (exact) mass is 466 g/mol. The van der Waals surface area contributed by atoms with E-state index in [2.05, 4.69) is 53.9 Å². The van der Waals surface area contributed by atoms with Crippen LogP contribution in [0.5, 0.6) is 0 Å². The molecule has 6 nitrogen and oxygen atoms in total. The summed E-state index contributed by atoms with van der Waals surface area (Å²) < 4.78 is 0. The fourth-order valence-corrected chi connectivity index (χ4v) is 5.41. The number of H-pyrrole nitrogens is 3. The minimum absolute atomic E-state index is 0.775. The molecule has 3 aromatic heterocycles. The van der Waals surface area contributed by atoms with Crippen molar-refractivity contribution in [2.75, 3.05) is 0 Å². The summed E-state index contributed by atoms with van der Waals surface area (Å²) in [5.74, 6) is 0. The zero-order valence-electron chi connectivity index (χ0n) is 21.1. The Balaban J connectivity index is 1.68. The summed E-state index contributed by atoms with van der Waals surface area (Å²) in [5, 5.41) is 7.94. The van der Waals surface area contributed by atoms with Crippen LogP contribution in [0.1, 0.15) is 84.1 Å². The van der Waals surface area contributed by atoms with Gasteiger partial charge in [0.2, 0.25) is 0 Å². The Morgan fingerprint density at radius 3 is 1.71 bits per heavy atom. The molecule has 0 fully saturated rings. The van der Waals surface area contributed by atoms with Crippen molar-refractivity contribution < 1.29 is 0 Å². The van der Waals surface area contributed by atoms with Crippen LogP contribution in [0.25, 0.3) is 0 Å². The largest absolute Gasteiger partial charge is 0.357 e. The fourth-order valence-electron chi connectivity index (χ4n) is 5.41. The van der Waals surface area contributed by atoms with Gasteiger partial charge >= 0.3 is 0 Å². The van der Waals surface area contributed by atoms with Crippen molar-refractivity contribution >= 4 is 23.8 Å². The van der Waals surface area contributed by atoms with Crippen molar-refractivity contribution in [1.29, 1.82) is 0 Å². The van der Waals surface area contributed by atoms with Crippen LogP contribution in [0, 0.1) is 0 Å². The average Bonchev–Trinajstić information content (AvgIpc) is 3.56. The van der Waals surface area contributed by atoms with Crippen LogP contribution >= 0.6 is 0 Å². The summed E-state index contributed by atoms with van der Waals surface area (Å²) in [7, 11) is 0. The molecule has 6 heteroatoms. The van der Waals surface area contributed by atoms with Crippen LogP contribution in [0.2, 0.25) is 0 Å². The number of fused-ring (bicyclic) bond motifs is 7. The number of aromatic amines is 3. The minimum atomic E-state index is 0.775. The molecule has 0 radical (unpaired) electrons. The zero-order valence-corrected chi connectivity index (χ0v) is 21.1. The second-order valence-electron chi connectivity index (χ2n) is 9.11. The highest BCUT2D eigenvalue weighted by Crippen LogP contribution is 2.30. The molecular weight excluding hydrogens is 432 g/mol. The van der Waals surface area contributed by atoms with E-state index in [9.17, 15) is 0 Å². The van der Waals surface area contributed by atoms with Gasteiger partial charge in [0.15, 0.2) is 0 Å². The summed E-state index contributed by atoms with van der Waals surface area (Å²) in [6.07, 6.45) is 9.38. The summed E-state index contributed by atoms with van der Waals surface area (Å²) in [4.78, 5) is 17.1. The van der Waals surface area contributed by atoms with E-state index in [1.54, 1.807) is 0 Å². The number of benzene rings is 1. The molecule has 1 aliphatic heterocycles. The van der Waals surface area contributed by atoms with Crippen molar-refractivity contribution in [1.82, 2.24) is 20.2 Å². The first-order chi connectivity index (χ1) is 17.1. The topological polar surface area (TPSA) is 85.0 Å². The molecule has 0 unspecified atom stereocenters. The van der Waals surface area contributed by atoms with Gasteiger partial charge in [-0.25, -0.2) is 0 Å². The standard InChI is InChI=1S/C29H34N6/c1-5-20-22(7-3)28-16-30-24-11-9-10-12-25(24)31-17-29-23(8-4)21(6-2)27(33-29)15-19-13-18(34-35-19)14-26(20)32-28/h9-13,16-17,32-33H,5-8,14-15H2,1-4H3,(H,34,35). The van der Waals surface area contributed by atoms with E-state index in [-0.39, 0.29) is 0 Å². The molecule has 3 N–H and O–H groups in total. The minimum Gasteiger partial charge on any atom is -0.357 e. The number of aliphatic imine (C=N–C) groups is 2. The van der Waals surface area contributed by atoms with Crippen LogP contribution in [-0.2, 0) is 38.5 Å². The molecule has 1 aliphatic rings. The lowest BCUT2D eigenvalue weighted by Gasteiger charge is -2.03. The lowest BCUT2D eigenvalue weighted by atomic mass is 10.0. The molecule has 35 heavy (non-hydrogen) atoms. The predicted octanol–water partition coefficient (Wildman–Crippen LogP) is 6.31. The number of para-hydroxylation sites is 2. The van der Waals surface area contributed by atoms with Gasteiger partial charge in [0, 0.05) is 29.9 Å². The van der Waals surface area contributed by atoms with Gasteiger partial charge in [-0.3, -0.25) is 15.1 Å². The molecular formula is C29H34N6. The summed E-state index contributed by atoms with van der Waals surface area (Å²) in [6.45, 7) is 8.87. The maximum absolute atomic E-state index is 4.87. The van der Waals surface area contributed by atoms with Crippen molar-refractivity contribution in [3.8, 4) is 0 Å². The maximum atomic E-state index is 4.87. The molecule has 6 bridgehead atoms. The number of hydrogen-bond acceptors (Lipinski definition) is 3. The van der Waals surface area contributed by atoms with E-state index in [0.29, 0.717) is 0 Å². The van der Waals surface area contributed by atoms with E-state index in [0.717, 1.165) is 72.7 Å². The molecule has 0 spiro atoms. The first-order valence-corrected chi connectivity index (χ1v) is 12.8. The maximum Gasteiger partial charge on any atom is 0.0887 e. The van der Waals surface area contributed by atoms with Gasteiger partial charge in [0.05, 0.1) is 40.9 Å². The predicted molar refractivity (Wildman–Crippen MR) is 144 cm³/mol.